The van der Waals surface area contributed by atoms with E-state index >= 15 is 0 Å². The summed E-state index contributed by atoms with van der Waals surface area (Å²) in [6, 6.07) is 0.590. The molecule has 0 bridgehead atoms. The van der Waals surface area contributed by atoms with Gasteiger partial charge in [0.15, 0.2) is 0 Å². The minimum absolute atomic E-state index is 0.427. The fraction of sp³-hybridized carbons (Fsp3) is 1.00. The molecule has 4 unspecified atom stereocenters. The zero-order valence-corrected chi connectivity index (χ0v) is 12.3. The standard InChI is InChI=1S/C14H25NO2S/c1-13(16,9-18-2)8-15-11-10-4-7-17-12(10)14(11)5-3-6-14/h10-12,15-16H,3-9H2,1-2H3. The fourth-order valence-corrected chi connectivity index (χ4v) is 4.98. The van der Waals surface area contributed by atoms with Crippen molar-refractivity contribution in [2.24, 2.45) is 11.3 Å². The van der Waals surface area contributed by atoms with Gasteiger partial charge in [-0.25, -0.2) is 0 Å². The average Bonchev–Trinajstić information content (AvgIpc) is 2.61. The van der Waals surface area contributed by atoms with Crippen LogP contribution in [0.5, 0.6) is 0 Å². The molecule has 3 rings (SSSR count). The molecule has 1 heterocycles. The maximum Gasteiger partial charge on any atom is 0.0833 e. The van der Waals surface area contributed by atoms with E-state index in [0.29, 0.717) is 30.0 Å². The Bertz CT molecular complexity index is 317. The van der Waals surface area contributed by atoms with Gasteiger partial charge in [0, 0.05) is 36.3 Å². The zero-order chi connectivity index (χ0) is 12.8. The molecule has 4 heteroatoms. The Balaban J connectivity index is 1.59. The van der Waals surface area contributed by atoms with Crippen LogP contribution in [0.15, 0.2) is 0 Å². The van der Waals surface area contributed by atoms with Crippen LogP contribution in [0.3, 0.4) is 0 Å². The van der Waals surface area contributed by atoms with Crippen LogP contribution in [0.25, 0.3) is 0 Å². The Hall–Kier alpha value is 0.230. The van der Waals surface area contributed by atoms with E-state index in [1.807, 2.05) is 13.2 Å². The molecule has 1 saturated heterocycles. The lowest BCUT2D eigenvalue weighted by atomic mass is 9.46. The van der Waals surface area contributed by atoms with E-state index in [9.17, 15) is 5.11 Å². The molecule has 0 amide bonds. The van der Waals surface area contributed by atoms with Crippen molar-refractivity contribution < 1.29 is 9.84 Å². The number of aliphatic hydroxyl groups is 1. The second-order valence-corrected chi connectivity index (χ2v) is 7.49. The second-order valence-electron chi connectivity index (χ2n) is 6.62. The molecule has 104 valence electrons. The smallest absolute Gasteiger partial charge is 0.0833 e. The van der Waals surface area contributed by atoms with E-state index in [1.165, 1.54) is 25.7 Å². The first-order chi connectivity index (χ1) is 8.59. The first kappa shape index (κ1) is 13.2. The van der Waals surface area contributed by atoms with Crippen LogP contribution >= 0.6 is 11.8 Å². The number of nitrogens with one attached hydrogen (secondary N) is 1. The summed E-state index contributed by atoms with van der Waals surface area (Å²) in [6.45, 7) is 3.59. The van der Waals surface area contributed by atoms with Gasteiger partial charge >= 0.3 is 0 Å². The SMILES string of the molecule is CSCC(C)(O)CNC1C2CCOC2C12CCC2. The number of ether oxygens (including phenoxy) is 1. The predicted molar refractivity (Wildman–Crippen MR) is 74.9 cm³/mol. The summed E-state index contributed by atoms with van der Waals surface area (Å²) in [6.07, 6.45) is 7.76. The van der Waals surface area contributed by atoms with Gasteiger partial charge < -0.3 is 15.2 Å². The summed E-state index contributed by atoms with van der Waals surface area (Å²) < 4.78 is 5.91. The molecule has 4 atom stereocenters. The number of hydrogen-bond donors (Lipinski definition) is 2. The fourth-order valence-electron chi connectivity index (χ4n) is 4.25. The minimum Gasteiger partial charge on any atom is -0.388 e. The molecule has 3 fully saturated rings. The lowest BCUT2D eigenvalue weighted by molar-refractivity contribution is -0.178. The maximum absolute atomic E-state index is 10.3. The quantitative estimate of drug-likeness (QED) is 0.798. The van der Waals surface area contributed by atoms with Crippen molar-refractivity contribution >= 4 is 11.8 Å². The highest BCUT2D eigenvalue weighted by molar-refractivity contribution is 7.98. The van der Waals surface area contributed by atoms with Crippen molar-refractivity contribution in [1.29, 1.82) is 0 Å². The summed E-state index contributed by atoms with van der Waals surface area (Å²) in [7, 11) is 0. The third-order valence-electron chi connectivity index (χ3n) is 5.19. The summed E-state index contributed by atoms with van der Waals surface area (Å²) in [4.78, 5) is 0. The summed E-state index contributed by atoms with van der Waals surface area (Å²) in [5, 5.41) is 13.9. The third-order valence-corrected chi connectivity index (χ3v) is 6.10. The normalized spacial score (nSPS) is 39.8. The van der Waals surface area contributed by atoms with Gasteiger partial charge in [-0.1, -0.05) is 6.42 Å². The topological polar surface area (TPSA) is 41.5 Å². The minimum atomic E-state index is -0.588. The number of thioether (sulfide) groups is 1. The summed E-state index contributed by atoms with van der Waals surface area (Å²) in [5.41, 5.74) is -0.161. The van der Waals surface area contributed by atoms with Crippen LogP contribution in [0.2, 0.25) is 0 Å². The van der Waals surface area contributed by atoms with Crippen molar-refractivity contribution in [2.75, 3.05) is 25.2 Å². The number of rotatable bonds is 5. The van der Waals surface area contributed by atoms with Gasteiger partial charge in [-0.05, 0) is 32.4 Å². The first-order valence-electron chi connectivity index (χ1n) is 7.15. The Kier molecular flexibility index (Phi) is 3.42. The summed E-state index contributed by atoms with van der Waals surface area (Å²) in [5.74, 6) is 1.50. The molecule has 2 N–H and O–H groups in total. The van der Waals surface area contributed by atoms with Gasteiger partial charge in [0.25, 0.3) is 0 Å². The van der Waals surface area contributed by atoms with E-state index in [2.05, 4.69) is 5.32 Å². The summed E-state index contributed by atoms with van der Waals surface area (Å²) >= 11 is 1.71. The Labute approximate surface area is 114 Å². The highest BCUT2D eigenvalue weighted by Gasteiger charge is 2.66. The second kappa shape index (κ2) is 4.65. The third kappa shape index (κ3) is 1.92. The predicted octanol–water partition coefficient (Wildman–Crippen LogP) is 1.65. The molecule has 0 aromatic heterocycles. The van der Waals surface area contributed by atoms with Crippen LogP contribution in [-0.4, -0.2) is 48.0 Å². The van der Waals surface area contributed by atoms with Gasteiger partial charge in [-0.2, -0.15) is 11.8 Å². The van der Waals surface area contributed by atoms with E-state index in [1.54, 1.807) is 11.8 Å². The van der Waals surface area contributed by atoms with E-state index in [0.717, 1.165) is 12.4 Å². The molecule has 2 aliphatic carbocycles. The van der Waals surface area contributed by atoms with Crippen LogP contribution in [0.1, 0.15) is 32.6 Å². The van der Waals surface area contributed by atoms with Crippen molar-refractivity contribution in [3.05, 3.63) is 0 Å². The van der Waals surface area contributed by atoms with Crippen LogP contribution in [0.4, 0.5) is 0 Å². The van der Waals surface area contributed by atoms with Crippen molar-refractivity contribution in [1.82, 2.24) is 5.32 Å². The molecule has 0 aromatic carbocycles. The van der Waals surface area contributed by atoms with Gasteiger partial charge in [0.2, 0.25) is 0 Å². The number of fused-ring (bicyclic) bond motifs is 2. The van der Waals surface area contributed by atoms with Gasteiger partial charge in [0.1, 0.15) is 0 Å². The zero-order valence-electron chi connectivity index (χ0n) is 11.4. The first-order valence-corrected chi connectivity index (χ1v) is 8.55. The highest BCUT2D eigenvalue weighted by Crippen LogP contribution is 2.62. The highest BCUT2D eigenvalue weighted by atomic mass is 32.2. The van der Waals surface area contributed by atoms with Crippen molar-refractivity contribution in [3.63, 3.8) is 0 Å². The monoisotopic (exact) mass is 271 g/mol. The lowest BCUT2D eigenvalue weighted by Crippen LogP contribution is -2.72. The Morgan fingerprint density at radius 2 is 2.28 bits per heavy atom. The molecule has 0 radical (unpaired) electrons. The molecular weight excluding hydrogens is 246 g/mol. The largest absolute Gasteiger partial charge is 0.388 e. The molecule has 1 spiro atoms. The molecule has 1 aliphatic heterocycles. The Morgan fingerprint density at radius 1 is 1.50 bits per heavy atom. The molecular formula is C14H25NO2S. The van der Waals surface area contributed by atoms with E-state index < -0.39 is 5.60 Å². The van der Waals surface area contributed by atoms with Crippen LogP contribution in [0, 0.1) is 11.3 Å². The Morgan fingerprint density at radius 3 is 2.89 bits per heavy atom. The molecule has 0 aromatic rings. The number of hydrogen-bond acceptors (Lipinski definition) is 4. The van der Waals surface area contributed by atoms with Gasteiger partial charge in [-0.3, -0.25) is 0 Å². The van der Waals surface area contributed by atoms with Crippen molar-refractivity contribution in [2.45, 2.75) is 50.4 Å². The molecule has 2 saturated carbocycles. The molecule has 3 nitrogen and oxygen atoms in total. The van der Waals surface area contributed by atoms with E-state index in [4.69, 9.17) is 4.74 Å². The lowest BCUT2D eigenvalue weighted by Gasteiger charge is -2.63. The maximum atomic E-state index is 10.3. The average molecular weight is 271 g/mol. The van der Waals surface area contributed by atoms with Gasteiger partial charge in [-0.15, -0.1) is 0 Å². The van der Waals surface area contributed by atoms with Crippen molar-refractivity contribution in [3.8, 4) is 0 Å². The van der Waals surface area contributed by atoms with E-state index in [-0.39, 0.29) is 0 Å². The van der Waals surface area contributed by atoms with Crippen LogP contribution in [-0.2, 0) is 4.74 Å². The van der Waals surface area contributed by atoms with Crippen LogP contribution < -0.4 is 5.32 Å². The molecule has 3 aliphatic rings. The van der Waals surface area contributed by atoms with Gasteiger partial charge in [0.05, 0.1) is 11.7 Å². The molecule has 18 heavy (non-hydrogen) atoms.